The first-order chi connectivity index (χ1) is 8.02. The molecule has 0 fully saturated rings. The van der Waals surface area contributed by atoms with Crippen LogP contribution in [0.25, 0.3) is 5.82 Å². The predicted molar refractivity (Wildman–Crippen MR) is 72.2 cm³/mol. The first-order valence-electron chi connectivity index (χ1n) is 4.85. The van der Waals surface area contributed by atoms with Gasteiger partial charge in [0.15, 0.2) is 5.82 Å². The molecule has 0 aliphatic carbocycles. The van der Waals surface area contributed by atoms with Crippen molar-refractivity contribution in [2.45, 2.75) is 13.8 Å². The molecule has 5 nitrogen and oxygen atoms in total. The van der Waals surface area contributed by atoms with Crippen molar-refractivity contribution in [3.63, 3.8) is 0 Å². The Labute approximate surface area is 112 Å². The molecule has 0 bridgehead atoms. The highest BCUT2D eigenvalue weighted by atomic mass is 79.9. The molecule has 0 amide bonds. The Bertz CT molecular complexity index is 592. The van der Waals surface area contributed by atoms with Gasteiger partial charge in [0, 0.05) is 12.4 Å². The Morgan fingerprint density at radius 3 is 2.53 bits per heavy atom. The van der Waals surface area contributed by atoms with E-state index in [1.54, 1.807) is 17.1 Å². The molecule has 0 spiro atoms. The number of aryl methyl sites for hydroxylation is 1. The lowest BCUT2D eigenvalue weighted by Crippen LogP contribution is -2.17. The first-order valence-corrected chi connectivity index (χ1v) is 6.05. The summed E-state index contributed by atoms with van der Waals surface area (Å²) < 4.78 is 2.62. The van der Waals surface area contributed by atoms with Crippen molar-refractivity contribution in [2.24, 2.45) is 5.73 Å². The van der Waals surface area contributed by atoms with Gasteiger partial charge in [-0.1, -0.05) is 12.2 Å². The quantitative estimate of drug-likeness (QED) is 0.854. The molecule has 0 saturated carbocycles. The highest BCUT2D eigenvalue weighted by Gasteiger charge is 2.16. The second-order valence-corrected chi connectivity index (χ2v) is 4.72. The molecule has 0 aliphatic rings. The van der Waals surface area contributed by atoms with E-state index in [1.807, 2.05) is 13.8 Å². The van der Waals surface area contributed by atoms with Gasteiger partial charge in [-0.25, -0.2) is 14.6 Å². The highest BCUT2D eigenvalue weighted by Crippen LogP contribution is 2.22. The van der Waals surface area contributed by atoms with Gasteiger partial charge >= 0.3 is 0 Å². The van der Waals surface area contributed by atoms with Crippen LogP contribution < -0.4 is 5.73 Å². The third kappa shape index (κ3) is 2.07. The molecule has 2 rings (SSSR count). The summed E-state index contributed by atoms with van der Waals surface area (Å²) in [5.74, 6) is 0.548. The minimum Gasteiger partial charge on any atom is -0.388 e. The number of nitrogens with two attached hydrogens (primary N) is 1. The van der Waals surface area contributed by atoms with E-state index in [9.17, 15) is 0 Å². The number of nitrogens with zero attached hydrogens (tertiary/aromatic N) is 4. The van der Waals surface area contributed by atoms with Crippen LogP contribution in [0.3, 0.4) is 0 Å². The van der Waals surface area contributed by atoms with Gasteiger partial charge in [-0.15, -0.1) is 0 Å². The largest absolute Gasteiger partial charge is 0.388 e. The van der Waals surface area contributed by atoms with Gasteiger partial charge < -0.3 is 5.73 Å². The molecule has 2 N–H and O–H groups in total. The van der Waals surface area contributed by atoms with Crippen LogP contribution >= 0.6 is 28.1 Å². The average molecular weight is 312 g/mol. The molecule has 2 heterocycles. The van der Waals surface area contributed by atoms with Crippen LogP contribution in [-0.4, -0.2) is 24.7 Å². The summed E-state index contributed by atoms with van der Waals surface area (Å²) in [6.45, 7) is 3.84. The summed E-state index contributed by atoms with van der Waals surface area (Å²) in [5, 5.41) is 4.38. The van der Waals surface area contributed by atoms with Gasteiger partial charge in [0.25, 0.3) is 0 Å². The molecule has 0 aromatic carbocycles. The first kappa shape index (κ1) is 12.1. The van der Waals surface area contributed by atoms with Gasteiger partial charge in [0.1, 0.15) is 10.7 Å². The van der Waals surface area contributed by atoms with E-state index < -0.39 is 0 Å². The van der Waals surface area contributed by atoms with Gasteiger partial charge in [-0.05, 0) is 29.8 Å². The zero-order valence-corrected chi connectivity index (χ0v) is 11.7. The number of hydrogen-bond acceptors (Lipinski definition) is 4. The Hall–Kier alpha value is -1.34. The zero-order valence-electron chi connectivity index (χ0n) is 9.31. The molecule has 2 aromatic heterocycles. The van der Waals surface area contributed by atoms with Crippen LogP contribution in [0.2, 0.25) is 0 Å². The van der Waals surface area contributed by atoms with E-state index >= 15 is 0 Å². The summed E-state index contributed by atoms with van der Waals surface area (Å²) >= 11 is 8.42. The summed E-state index contributed by atoms with van der Waals surface area (Å²) in [6, 6.07) is 0. The highest BCUT2D eigenvalue weighted by molar-refractivity contribution is 9.10. The monoisotopic (exact) mass is 311 g/mol. The van der Waals surface area contributed by atoms with Gasteiger partial charge in [-0.3, -0.25) is 0 Å². The molecule has 0 aliphatic heterocycles. The topological polar surface area (TPSA) is 69.6 Å². The number of aromatic nitrogens is 4. The molecule has 0 radical (unpaired) electrons. The predicted octanol–water partition coefficient (Wildman–Crippen LogP) is 1.68. The van der Waals surface area contributed by atoms with Gasteiger partial charge in [-0.2, -0.15) is 5.10 Å². The maximum Gasteiger partial charge on any atom is 0.182 e. The summed E-state index contributed by atoms with van der Waals surface area (Å²) in [4.78, 5) is 8.57. The Morgan fingerprint density at radius 1 is 1.35 bits per heavy atom. The van der Waals surface area contributed by atoms with Crippen LogP contribution in [0.4, 0.5) is 0 Å². The third-order valence-corrected chi connectivity index (χ3v) is 3.66. The lowest BCUT2D eigenvalue weighted by molar-refractivity contribution is 0.796. The molecule has 88 valence electrons. The second-order valence-electron chi connectivity index (χ2n) is 3.49. The lowest BCUT2D eigenvalue weighted by atomic mass is 10.3. The van der Waals surface area contributed by atoms with Crippen LogP contribution in [-0.2, 0) is 0 Å². The van der Waals surface area contributed by atoms with Crippen molar-refractivity contribution in [3.05, 3.63) is 33.9 Å². The average Bonchev–Trinajstić information content (AvgIpc) is 2.57. The molecule has 0 atom stereocenters. The molecule has 17 heavy (non-hydrogen) atoms. The standard InChI is InChI=1S/C10H10BrN5S/c1-5-7(11)6(2)16(15-5)10-8(9(12)17)13-3-4-14-10/h3-4H,1-2H3,(H2,12,17). The lowest BCUT2D eigenvalue weighted by Gasteiger charge is -2.07. The molecule has 0 saturated heterocycles. The van der Waals surface area contributed by atoms with Crippen LogP contribution in [0, 0.1) is 13.8 Å². The van der Waals surface area contributed by atoms with Crippen LogP contribution in [0.15, 0.2) is 16.9 Å². The van der Waals surface area contributed by atoms with Crippen molar-refractivity contribution in [2.75, 3.05) is 0 Å². The fraction of sp³-hybridized carbons (Fsp3) is 0.200. The molecule has 7 heteroatoms. The van der Waals surface area contributed by atoms with Gasteiger partial charge in [0.2, 0.25) is 0 Å². The molecule has 0 unspecified atom stereocenters. The minimum absolute atomic E-state index is 0.205. The Balaban J connectivity index is 2.68. The number of thiocarbonyl (C=S) groups is 1. The smallest absolute Gasteiger partial charge is 0.182 e. The summed E-state index contributed by atoms with van der Waals surface area (Å²) in [7, 11) is 0. The third-order valence-electron chi connectivity index (χ3n) is 2.32. The summed E-state index contributed by atoms with van der Waals surface area (Å²) in [5.41, 5.74) is 7.90. The fourth-order valence-electron chi connectivity index (χ4n) is 1.49. The fourth-order valence-corrected chi connectivity index (χ4v) is 1.88. The number of hydrogen-bond donors (Lipinski definition) is 1. The summed E-state index contributed by atoms with van der Waals surface area (Å²) in [6.07, 6.45) is 3.14. The SMILES string of the molecule is Cc1nn(-c2nccnc2C(N)=S)c(C)c1Br. The maximum atomic E-state index is 5.62. The van der Waals surface area contributed by atoms with E-state index in [4.69, 9.17) is 18.0 Å². The Morgan fingerprint density at radius 2 is 2.00 bits per heavy atom. The Kier molecular flexibility index (Phi) is 3.21. The van der Waals surface area contributed by atoms with Crippen molar-refractivity contribution in [1.29, 1.82) is 0 Å². The molecular formula is C10H10BrN5S. The van der Waals surface area contributed by atoms with Gasteiger partial charge in [0.05, 0.1) is 15.9 Å². The van der Waals surface area contributed by atoms with Crippen molar-refractivity contribution in [3.8, 4) is 5.82 Å². The van der Waals surface area contributed by atoms with Crippen LogP contribution in [0.5, 0.6) is 0 Å². The van der Waals surface area contributed by atoms with E-state index in [1.165, 1.54) is 0 Å². The zero-order chi connectivity index (χ0) is 12.6. The van der Waals surface area contributed by atoms with Crippen molar-refractivity contribution in [1.82, 2.24) is 19.7 Å². The van der Waals surface area contributed by atoms with Crippen molar-refractivity contribution >= 4 is 33.1 Å². The van der Waals surface area contributed by atoms with Crippen LogP contribution in [0.1, 0.15) is 17.1 Å². The number of rotatable bonds is 2. The second kappa shape index (κ2) is 4.50. The van der Waals surface area contributed by atoms with Crippen molar-refractivity contribution < 1.29 is 0 Å². The normalized spacial score (nSPS) is 10.5. The van der Waals surface area contributed by atoms with E-state index in [-0.39, 0.29) is 4.99 Å². The van der Waals surface area contributed by atoms with E-state index in [0.717, 1.165) is 15.9 Å². The number of halogens is 1. The minimum atomic E-state index is 0.205. The molecule has 2 aromatic rings. The van der Waals surface area contributed by atoms with E-state index in [2.05, 4.69) is 31.0 Å². The maximum absolute atomic E-state index is 5.62. The van der Waals surface area contributed by atoms with E-state index in [0.29, 0.717) is 11.5 Å². The molecular weight excluding hydrogens is 302 g/mol.